The van der Waals surface area contributed by atoms with Gasteiger partial charge in [0.05, 0.1) is 22.7 Å². The molecule has 1 aromatic carbocycles. The van der Waals surface area contributed by atoms with Gasteiger partial charge in [-0.3, -0.25) is 4.79 Å². The molecule has 0 radical (unpaired) electrons. The SMILES string of the molecule is CC(Nc1ncc(C=O)cc1Cl)c1cc(C#N)ccc1OC(F)F. The van der Waals surface area contributed by atoms with Crippen molar-refractivity contribution in [3.05, 3.63) is 52.2 Å². The first-order chi connectivity index (χ1) is 11.4. The molecule has 8 heteroatoms. The van der Waals surface area contributed by atoms with Gasteiger partial charge in [0.2, 0.25) is 0 Å². The van der Waals surface area contributed by atoms with Crippen LogP contribution in [0.5, 0.6) is 5.75 Å². The zero-order valence-corrected chi connectivity index (χ0v) is 13.2. The van der Waals surface area contributed by atoms with E-state index in [4.69, 9.17) is 16.9 Å². The summed E-state index contributed by atoms with van der Waals surface area (Å²) in [5.74, 6) is 0.227. The predicted molar refractivity (Wildman–Crippen MR) is 84.5 cm³/mol. The van der Waals surface area contributed by atoms with Crippen molar-refractivity contribution < 1.29 is 18.3 Å². The number of rotatable bonds is 6. The number of nitrogens with one attached hydrogen (secondary N) is 1. The number of pyridine rings is 1. The molecule has 0 spiro atoms. The number of nitriles is 1. The number of anilines is 1. The van der Waals surface area contributed by atoms with Crippen LogP contribution in [0.4, 0.5) is 14.6 Å². The lowest BCUT2D eigenvalue weighted by atomic mass is 10.0. The second-order valence-corrected chi connectivity index (χ2v) is 5.23. The second-order valence-electron chi connectivity index (χ2n) is 4.83. The molecule has 1 N–H and O–H groups in total. The van der Waals surface area contributed by atoms with Crippen molar-refractivity contribution in [1.82, 2.24) is 4.98 Å². The monoisotopic (exact) mass is 351 g/mol. The lowest BCUT2D eigenvalue weighted by Crippen LogP contribution is -2.12. The van der Waals surface area contributed by atoms with Crippen LogP contribution < -0.4 is 10.1 Å². The molecule has 0 aliphatic carbocycles. The van der Waals surface area contributed by atoms with Crippen molar-refractivity contribution in [2.45, 2.75) is 19.6 Å². The van der Waals surface area contributed by atoms with Gasteiger partial charge < -0.3 is 10.1 Å². The molecule has 0 saturated carbocycles. The van der Waals surface area contributed by atoms with Gasteiger partial charge in [0.15, 0.2) is 6.29 Å². The van der Waals surface area contributed by atoms with E-state index in [0.717, 1.165) is 0 Å². The van der Waals surface area contributed by atoms with Gasteiger partial charge >= 0.3 is 6.61 Å². The molecule has 0 aliphatic rings. The predicted octanol–water partition coefficient (Wildman–Crippen LogP) is 4.19. The minimum atomic E-state index is -2.99. The van der Waals surface area contributed by atoms with Crippen molar-refractivity contribution >= 4 is 23.7 Å². The van der Waals surface area contributed by atoms with Crippen LogP contribution >= 0.6 is 11.6 Å². The first kappa shape index (κ1) is 17.6. The van der Waals surface area contributed by atoms with E-state index >= 15 is 0 Å². The molecule has 0 saturated heterocycles. The van der Waals surface area contributed by atoms with Gasteiger partial charge in [0, 0.05) is 17.3 Å². The number of carbonyl (C=O) groups is 1. The van der Waals surface area contributed by atoms with Gasteiger partial charge in [-0.25, -0.2) is 4.98 Å². The summed E-state index contributed by atoms with van der Waals surface area (Å²) in [4.78, 5) is 14.7. The number of alkyl halides is 2. The molecule has 1 atom stereocenters. The van der Waals surface area contributed by atoms with Crippen LogP contribution in [0.15, 0.2) is 30.5 Å². The topological polar surface area (TPSA) is 75.0 Å². The fourth-order valence-electron chi connectivity index (χ4n) is 2.07. The van der Waals surface area contributed by atoms with E-state index in [-0.39, 0.29) is 16.6 Å². The Morgan fingerprint density at radius 3 is 2.75 bits per heavy atom. The first-order valence-corrected chi connectivity index (χ1v) is 7.18. The van der Waals surface area contributed by atoms with Crippen LogP contribution in [0.1, 0.15) is 34.5 Å². The summed E-state index contributed by atoms with van der Waals surface area (Å²) in [5.41, 5.74) is 0.966. The molecule has 1 unspecified atom stereocenters. The molecule has 0 bridgehead atoms. The molecule has 0 aliphatic heterocycles. The molecule has 124 valence electrons. The van der Waals surface area contributed by atoms with Gasteiger partial charge in [-0.1, -0.05) is 11.6 Å². The fraction of sp³-hybridized carbons (Fsp3) is 0.188. The van der Waals surface area contributed by atoms with E-state index in [9.17, 15) is 13.6 Å². The van der Waals surface area contributed by atoms with Crippen molar-refractivity contribution in [3.8, 4) is 11.8 Å². The number of aromatic nitrogens is 1. The number of nitrogens with zero attached hydrogens (tertiary/aromatic N) is 2. The Morgan fingerprint density at radius 2 is 2.17 bits per heavy atom. The average molecular weight is 352 g/mol. The molecular weight excluding hydrogens is 340 g/mol. The highest BCUT2D eigenvalue weighted by atomic mass is 35.5. The number of hydrogen-bond donors (Lipinski definition) is 1. The number of ether oxygens (including phenoxy) is 1. The summed E-state index contributed by atoms with van der Waals surface area (Å²) in [6, 6.07) is 6.99. The van der Waals surface area contributed by atoms with E-state index < -0.39 is 12.7 Å². The minimum Gasteiger partial charge on any atom is -0.434 e. The van der Waals surface area contributed by atoms with E-state index in [2.05, 4.69) is 15.0 Å². The smallest absolute Gasteiger partial charge is 0.387 e. The molecule has 2 aromatic rings. The summed E-state index contributed by atoms with van der Waals surface area (Å²) in [5, 5.41) is 12.1. The molecule has 2 rings (SSSR count). The van der Waals surface area contributed by atoms with Crippen molar-refractivity contribution in [2.24, 2.45) is 0 Å². The molecular formula is C16H12ClF2N3O2. The zero-order chi connectivity index (χ0) is 17.7. The standard InChI is InChI=1S/C16H12ClF2N3O2/c1-9(22-15-13(17)5-11(8-23)7-21-15)12-4-10(6-20)2-3-14(12)24-16(18)19/h2-5,7-9,16H,1H3,(H,21,22). The molecule has 0 fully saturated rings. The average Bonchev–Trinajstić information content (AvgIpc) is 2.56. The maximum Gasteiger partial charge on any atom is 0.387 e. The van der Waals surface area contributed by atoms with E-state index in [1.807, 2.05) is 6.07 Å². The van der Waals surface area contributed by atoms with Crippen molar-refractivity contribution in [2.75, 3.05) is 5.32 Å². The first-order valence-electron chi connectivity index (χ1n) is 6.80. The van der Waals surface area contributed by atoms with Crippen molar-refractivity contribution in [1.29, 1.82) is 5.26 Å². The molecule has 24 heavy (non-hydrogen) atoms. The Hall–Kier alpha value is -2.72. The van der Waals surface area contributed by atoms with E-state index in [1.165, 1.54) is 30.5 Å². The summed E-state index contributed by atoms with van der Waals surface area (Å²) >= 11 is 6.03. The van der Waals surface area contributed by atoms with Gasteiger partial charge in [-0.2, -0.15) is 14.0 Å². The highest BCUT2D eigenvalue weighted by Gasteiger charge is 2.17. The van der Waals surface area contributed by atoms with Crippen LogP contribution in [0, 0.1) is 11.3 Å². The number of benzene rings is 1. The molecule has 0 amide bonds. The third-order valence-corrected chi connectivity index (χ3v) is 3.46. The van der Waals surface area contributed by atoms with Gasteiger partial charge in [0.1, 0.15) is 11.6 Å². The third-order valence-electron chi connectivity index (χ3n) is 3.17. The lowest BCUT2D eigenvalue weighted by molar-refractivity contribution is -0.0505. The summed E-state index contributed by atoms with van der Waals surface area (Å²) < 4.78 is 29.6. The zero-order valence-electron chi connectivity index (χ0n) is 12.5. The number of hydrogen-bond acceptors (Lipinski definition) is 5. The summed E-state index contributed by atoms with van der Waals surface area (Å²) in [6.07, 6.45) is 1.94. The van der Waals surface area contributed by atoms with Crippen LogP contribution in [-0.2, 0) is 0 Å². The molecule has 1 heterocycles. The number of aldehydes is 1. The Labute approximate surface area is 141 Å². The summed E-state index contributed by atoms with van der Waals surface area (Å²) in [7, 11) is 0. The lowest BCUT2D eigenvalue weighted by Gasteiger charge is -2.19. The normalized spacial score (nSPS) is 11.7. The van der Waals surface area contributed by atoms with Crippen molar-refractivity contribution in [3.63, 3.8) is 0 Å². The van der Waals surface area contributed by atoms with Crippen LogP contribution in [-0.4, -0.2) is 17.9 Å². The largest absolute Gasteiger partial charge is 0.434 e. The Kier molecular flexibility index (Phi) is 5.66. The van der Waals surface area contributed by atoms with E-state index in [0.29, 0.717) is 23.0 Å². The van der Waals surface area contributed by atoms with E-state index in [1.54, 1.807) is 6.92 Å². The third kappa shape index (κ3) is 4.18. The Balaban J connectivity index is 2.33. The number of carbonyl (C=O) groups excluding carboxylic acids is 1. The second kappa shape index (κ2) is 7.70. The maximum atomic E-state index is 12.5. The molecule has 5 nitrogen and oxygen atoms in total. The summed E-state index contributed by atoms with van der Waals surface area (Å²) in [6.45, 7) is -1.31. The maximum absolute atomic E-state index is 12.5. The van der Waals surface area contributed by atoms with Crippen LogP contribution in [0.3, 0.4) is 0 Å². The highest BCUT2D eigenvalue weighted by molar-refractivity contribution is 6.33. The highest BCUT2D eigenvalue weighted by Crippen LogP contribution is 2.31. The minimum absolute atomic E-state index is 0.0513. The van der Waals surface area contributed by atoms with Crippen LogP contribution in [0.2, 0.25) is 5.02 Å². The molecule has 1 aromatic heterocycles. The van der Waals surface area contributed by atoms with Gasteiger partial charge in [-0.15, -0.1) is 0 Å². The Morgan fingerprint density at radius 1 is 1.42 bits per heavy atom. The van der Waals surface area contributed by atoms with Gasteiger partial charge in [0.25, 0.3) is 0 Å². The Bertz CT molecular complexity index is 793. The number of halogens is 3. The van der Waals surface area contributed by atoms with Gasteiger partial charge in [-0.05, 0) is 31.2 Å². The fourth-order valence-corrected chi connectivity index (χ4v) is 2.30. The van der Waals surface area contributed by atoms with Crippen LogP contribution in [0.25, 0.3) is 0 Å². The quantitative estimate of drug-likeness (QED) is 0.790.